The molecule has 0 saturated carbocycles. The van der Waals surface area contributed by atoms with Gasteiger partial charge in [-0.05, 0) is 84.5 Å². The van der Waals surface area contributed by atoms with Gasteiger partial charge in [0.25, 0.3) is 0 Å². The standard InChI is InChI=1S/C26H18N4O2/c31-23-7-15(8-24(32)14-23)25-12-22-11-20-4-3-18(28-20)9-16-1-2-17(27-16)10-19-5-6-21(29-19)13-26(25)30-22/h1-14,27,30-32H. The highest BCUT2D eigenvalue weighted by atomic mass is 16.3. The Kier molecular flexibility index (Phi) is 3.98. The van der Waals surface area contributed by atoms with Crippen LogP contribution in [0.15, 0.2) is 60.7 Å². The number of aromatic nitrogens is 4. The molecule has 4 N–H and O–H groups in total. The second-order valence-electron chi connectivity index (χ2n) is 7.83. The lowest BCUT2D eigenvalue weighted by molar-refractivity contribution is 0.451. The quantitative estimate of drug-likeness (QED) is 0.274. The molecular formula is C26H18N4O2. The summed E-state index contributed by atoms with van der Waals surface area (Å²) in [5.74, 6) is 0.00446. The summed E-state index contributed by atoms with van der Waals surface area (Å²) in [4.78, 5) is 16.2. The van der Waals surface area contributed by atoms with E-state index >= 15 is 0 Å². The zero-order valence-corrected chi connectivity index (χ0v) is 16.9. The van der Waals surface area contributed by atoms with Crippen LogP contribution in [0.2, 0.25) is 0 Å². The van der Waals surface area contributed by atoms with Crippen LogP contribution in [0.3, 0.4) is 0 Å². The highest BCUT2D eigenvalue weighted by Crippen LogP contribution is 2.32. The summed E-state index contributed by atoms with van der Waals surface area (Å²) < 4.78 is 0. The fraction of sp³-hybridized carbons (Fsp3) is 0. The average molecular weight is 418 g/mol. The van der Waals surface area contributed by atoms with Crippen LogP contribution in [0, 0.1) is 0 Å². The summed E-state index contributed by atoms with van der Waals surface area (Å²) in [6.07, 6.45) is 7.87. The van der Waals surface area contributed by atoms with Gasteiger partial charge in [0.2, 0.25) is 0 Å². The molecule has 0 fully saturated rings. The van der Waals surface area contributed by atoms with Crippen LogP contribution >= 0.6 is 0 Å². The number of nitrogens with zero attached hydrogens (tertiary/aromatic N) is 2. The van der Waals surface area contributed by atoms with Crippen molar-refractivity contribution in [2.75, 3.05) is 0 Å². The number of aromatic amines is 2. The Hall–Kier alpha value is -4.58. The molecule has 2 aliphatic rings. The third-order valence-electron chi connectivity index (χ3n) is 5.38. The van der Waals surface area contributed by atoms with Gasteiger partial charge < -0.3 is 20.2 Å². The molecule has 6 nitrogen and oxygen atoms in total. The van der Waals surface area contributed by atoms with Gasteiger partial charge in [-0.25, -0.2) is 9.97 Å². The smallest absolute Gasteiger partial charge is 0.119 e. The molecule has 5 heterocycles. The Morgan fingerprint density at radius 1 is 0.531 bits per heavy atom. The predicted molar refractivity (Wildman–Crippen MR) is 128 cm³/mol. The van der Waals surface area contributed by atoms with Crippen molar-refractivity contribution < 1.29 is 10.2 Å². The normalized spacial score (nSPS) is 12.4. The van der Waals surface area contributed by atoms with Gasteiger partial charge >= 0.3 is 0 Å². The molecule has 0 aliphatic carbocycles. The third kappa shape index (κ3) is 3.44. The van der Waals surface area contributed by atoms with E-state index in [0.717, 1.165) is 50.4 Å². The Labute approximate surface area is 182 Å². The SMILES string of the molecule is Oc1cc(O)cc(-c2cc3cc4nc(cc5ccc(cc6nc(cc2[nH]3)C=C6)[nH]5)C=C4)c1. The zero-order chi connectivity index (χ0) is 21.7. The Bertz CT molecular complexity index is 1590. The maximum atomic E-state index is 9.99. The summed E-state index contributed by atoms with van der Waals surface area (Å²) in [6.45, 7) is 0. The van der Waals surface area contributed by atoms with Crippen LogP contribution in [0.1, 0.15) is 22.8 Å². The minimum atomic E-state index is 0.00223. The molecule has 0 radical (unpaired) electrons. The number of hydrogen-bond acceptors (Lipinski definition) is 4. The molecule has 0 atom stereocenters. The molecule has 6 heteroatoms. The number of aromatic hydroxyl groups is 2. The first-order valence-electron chi connectivity index (χ1n) is 10.2. The molecule has 32 heavy (non-hydrogen) atoms. The monoisotopic (exact) mass is 418 g/mol. The van der Waals surface area contributed by atoms with Gasteiger partial charge in [-0.3, -0.25) is 0 Å². The molecule has 8 bridgehead atoms. The van der Waals surface area contributed by atoms with E-state index in [9.17, 15) is 10.2 Å². The van der Waals surface area contributed by atoms with Crippen molar-refractivity contribution in [2.24, 2.45) is 0 Å². The second-order valence-corrected chi connectivity index (χ2v) is 7.83. The molecule has 6 rings (SSSR count). The van der Waals surface area contributed by atoms with E-state index in [-0.39, 0.29) is 11.5 Å². The van der Waals surface area contributed by atoms with Gasteiger partial charge in [0.1, 0.15) is 11.5 Å². The first-order chi connectivity index (χ1) is 15.6. The molecular weight excluding hydrogens is 400 g/mol. The summed E-state index contributed by atoms with van der Waals surface area (Å²) in [5, 5.41) is 20.0. The Morgan fingerprint density at radius 3 is 1.66 bits per heavy atom. The predicted octanol–water partition coefficient (Wildman–Crippen LogP) is 5.73. The van der Waals surface area contributed by atoms with Crippen molar-refractivity contribution in [3.05, 3.63) is 83.4 Å². The van der Waals surface area contributed by atoms with E-state index in [1.165, 1.54) is 6.07 Å². The zero-order valence-electron chi connectivity index (χ0n) is 16.9. The van der Waals surface area contributed by atoms with Crippen LogP contribution in [0.4, 0.5) is 0 Å². The number of H-pyrrole nitrogens is 2. The van der Waals surface area contributed by atoms with Gasteiger partial charge in [0, 0.05) is 33.7 Å². The van der Waals surface area contributed by atoms with E-state index in [0.29, 0.717) is 5.56 Å². The summed E-state index contributed by atoms with van der Waals surface area (Å²) in [5.41, 5.74) is 8.48. The summed E-state index contributed by atoms with van der Waals surface area (Å²) in [6, 6.07) is 18.5. The van der Waals surface area contributed by atoms with Gasteiger partial charge in [-0.1, -0.05) is 0 Å². The van der Waals surface area contributed by atoms with Crippen LogP contribution in [-0.4, -0.2) is 30.1 Å². The number of phenolic OH excluding ortho intramolecular Hbond substituents is 2. The molecule has 0 unspecified atom stereocenters. The maximum Gasteiger partial charge on any atom is 0.119 e. The molecule has 154 valence electrons. The topological polar surface area (TPSA) is 97.8 Å². The highest BCUT2D eigenvalue weighted by molar-refractivity contribution is 5.88. The number of benzene rings is 1. The minimum absolute atomic E-state index is 0.00223. The Balaban J connectivity index is 1.68. The fourth-order valence-electron chi connectivity index (χ4n) is 4.01. The highest BCUT2D eigenvalue weighted by Gasteiger charge is 2.09. The van der Waals surface area contributed by atoms with Crippen LogP contribution in [0.25, 0.3) is 57.5 Å². The first kappa shape index (κ1) is 18.2. The largest absolute Gasteiger partial charge is 0.508 e. The van der Waals surface area contributed by atoms with Crippen LogP contribution < -0.4 is 0 Å². The minimum Gasteiger partial charge on any atom is -0.508 e. The van der Waals surface area contributed by atoms with Gasteiger partial charge in [-0.2, -0.15) is 0 Å². The fourth-order valence-corrected chi connectivity index (χ4v) is 4.01. The number of fused-ring (bicyclic) bond motifs is 8. The molecule has 0 amide bonds. The van der Waals surface area contributed by atoms with Gasteiger partial charge in [-0.15, -0.1) is 0 Å². The molecule has 0 spiro atoms. The summed E-state index contributed by atoms with van der Waals surface area (Å²) in [7, 11) is 0. The van der Waals surface area contributed by atoms with Crippen LogP contribution in [0.5, 0.6) is 11.5 Å². The van der Waals surface area contributed by atoms with Crippen molar-refractivity contribution in [2.45, 2.75) is 0 Å². The lowest BCUT2D eigenvalue weighted by Crippen LogP contribution is -1.78. The maximum absolute atomic E-state index is 9.99. The van der Waals surface area contributed by atoms with Gasteiger partial charge in [0.15, 0.2) is 0 Å². The lowest BCUT2D eigenvalue weighted by atomic mass is 10.1. The van der Waals surface area contributed by atoms with E-state index < -0.39 is 0 Å². The lowest BCUT2D eigenvalue weighted by Gasteiger charge is -2.02. The van der Waals surface area contributed by atoms with Crippen molar-refractivity contribution in [1.82, 2.24) is 19.9 Å². The average Bonchev–Trinajstić information content (AvgIpc) is 3.52. The van der Waals surface area contributed by atoms with E-state index in [1.807, 2.05) is 66.8 Å². The number of hydrogen-bond donors (Lipinski definition) is 4. The number of rotatable bonds is 1. The molecule has 1 aromatic carbocycles. The molecule has 3 aromatic heterocycles. The van der Waals surface area contributed by atoms with Crippen molar-refractivity contribution >= 4 is 46.4 Å². The third-order valence-corrected chi connectivity index (χ3v) is 5.38. The van der Waals surface area contributed by atoms with E-state index in [1.54, 1.807) is 12.1 Å². The Morgan fingerprint density at radius 2 is 1.06 bits per heavy atom. The first-order valence-corrected chi connectivity index (χ1v) is 10.2. The molecule has 2 aliphatic heterocycles. The van der Waals surface area contributed by atoms with E-state index in [4.69, 9.17) is 4.98 Å². The van der Waals surface area contributed by atoms with Crippen molar-refractivity contribution in [3.63, 3.8) is 0 Å². The van der Waals surface area contributed by atoms with E-state index in [2.05, 4.69) is 15.0 Å². The molecule has 0 saturated heterocycles. The number of phenols is 2. The second kappa shape index (κ2) is 6.99. The van der Waals surface area contributed by atoms with Crippen molar-refractivity contribution in [3.8, 4) is 22.6 Å². The van der Waals surface area contributed by atoms with Gasteiger partial charge in [0.05, 0.1) is 22.8 Å². The molecule has 4 aromatic rings. The number of nitrogens with one attached hydrogen (secondary N) is 2. The van der Waals surface area contributed by atoms with Crippen LogP contribution in [-0.2, 0) is 0 Å². The summed E-state index contributed by atoms with van der Waals surface area (Å²) >= 11 is 0. The van der Waals surface area contributed by atoms with Crippen molar-refractivity contribution in [1.29, 1.82) is 0 Å².